The van der Waals surface area contributed by atoms with E-state index in [1.807, 2.05) is 0 Å². The Morgan fingerprint density at radius 1 is 1.43 bits per heavy atom. The predicted octanol–water partition coefficient (Wildman–Crippen LogP) is 2.95. The van der Waals surface area contributed by atoms with Crippen molar-refractivity contribution in [1.29, 1.82) is 0 Å². The van der Waals surface area contributed by atoms with Gasteiger partial charge in [0, 0.05) is 24.5 Å². The molecular weight excluding hydrogens is 294 g/mol. The van der Waals surface area contributed by atoms with Gasteiger partial charge in [-0.3, -0.25) is 4.79 Å². The molecule has 2 rings (SSSR count). The SMILES string of the molecule is Cn1c(C(=O)N(CCCl)C2CCCCC2)ccc1[N+](=O)[O-]. The molecule has 0 saturated heterocycles. The fourth-order valence-corrected chi connectivity index (χ4v) is 3.16. The standard InChI is InChI=1S/C14H20ClN3O3/c1-16-12(7-8-13(16)18(20)21)14(19)17(10-9-15)11-5-3-2-4-6-11/h7-8,11H,2-6,9-10H2,1H3. The van der Waals surface area contributed by atoms with Crippen molar-refractivity contribution >= 4 is 23.3 Å². The van der Waals surface area contributed by atoms with E-state index in [-0.39, 0.29) is 17.8 Å². The van der Waals surface area contributed by atoms with Gasteiger partial charge in [0.05, 0.1) is 7.05 Å². The smallest absolute Gasteiger partial charge is 0.323 e. The summed E-state index contributed by atoms with van der Waals surface area (Å²) in [6.45, 7) is 0.476. The Bertz CT molecular complexity index is 524. The lowest BCUT2D eigenvalue weighted by atomic mass is 9.94. The van der Waals surface area contributed by atoms with Crippen LogP contribution < -0.4 is 0 Å². The van der Waals surface area contributed by atoms with Crippen LogP contribution in [0.15, 0.2) is 12.1 Å². The van der Waals surface area contributed by atoms with Crippen molar-refractivity contribution in [2.24, 2.45) is 7.05 Å². The average Bonchev–Trinajstić information content (AvgIpc) is 2.87. The maximum absolute atomic E-state index is 12.7. The van der Waals surface area contributed by atoms with Gasteiger partial charge >= 0.3 is 5.82 Å². The second-order valence-electron chi connectivity index (χ2n) is 5.37. The van der Waals surface area contributed by atoms with Gasteiger partial charge in [-0.25, -0.2) is 4.57 Å². The third-order valence-corrected chi connectivity index (χ3v) is 4.27. The van der Waals surface area contributed by atoms with E-state index in [2.05, 4.69) is 0 Å². The minimum Gasteiger partial charge on any atom is -0.358 e. The number of carbonyl (C=O) groups is 1. The van der Waals surface area contributed by atoms with E-state index >= 15 is 0 Å². The van der Waals surface area contributed by atoms with Crippen LogP contribution in [-0.2, 0) is 7.05 Å². The highest BCUT2D eigenvalue weighted by Crippen LogP contribution is 2.25. The molecule has 21 heavy (non-hydrogen) atoms. The molecule has 1 fully saturated rings. The first kappa shape index (κ1) is 15.8. The Balaban J connectivity index is 2.23. The molecule has 1 aromatic heterocycles. The Morgan fingerprint density at radius 2 is 2.10 bits per heavy atom. The largest absolute Gasteiger partial charge is 0.358 e. The van der Waals surface area contributed by atoms with Crippen molar-refractivity contribution in [3.8, 4) is 0 Å². The van der Waals surface area contributed by atoms with Crippen LogP contribution in [0.5, 0.6) is 0 Å². The molecule has 0 bridgehead atoms. The zero-order valence-corrected chi connectivity index (χ0v) is 12.9. The van der Waals surface area contributed by atoms with Crippen molar-refractivity contribution in [2.45, 2.75) is 38.1 Å². The average molecular weight is 314 g/mol. The molecule has 7 heteroatoms. The quantitative estimate of drug-likeness (QED) is 0.477. The van der Waals surface area contributed by atoms with Gasteiger partial charge in [-0.15, -0.1) is 11.6 Å². The molecule has 1 aliphatic rings. The Labute approximate surface area is 128 Å². The number of nitro groups is 1. The molecule has 0 unspecified atom stereocenters. The fourth-order valence-electron chi connectivity index (χ4n) is 2.98. The Kier molecular flexibility index (Phi) is 5.22. The van der Waals surface area contributed by atoms with Gasteiger partial charge in [-0.1, -0.05) is 19.3 Å². The monoisotopic (exact) mass is 313 g/mol. The van der Waals surface area contributed by atoms with E-state index in [0.29, 0.717) is 18.1 Å². The van der Waals surface area contributed by atoms with Crippen molar-refractivity contribution < 1.29 is 9.72 Å². The molecule has 0 radical (unpaired) electrons. The number of hydrogen-bond donors (Lipinski definition) is 0. The van der Waals surface area contributed by atoms with E-state index in [4.69, 9.17) is 11.6 Å². The predicted molar refractivity (Wildman–Crippen MR) is 80.7 cm³/mol. The topological polar surface area (TPSA) is 68.4 Å². The Hall–Kier alpha value is -1.56. The number of rotatable bonds is 5. The molecule has 0 atom stereocenters. The first-order valence-corrected chi connectivity index (χ1v) is 7.76. The van der Waals surface area contributed by atoms with Gasteiger partial charge in [0.15, 0.2) is 5.69 Å². The summed E-state index contributed by atoms with van der Waals surface area (Å²) in [7, 11) is 1.55. The first-order chi connectivity index (χ1) is 10.1. The molecule has 1 amide bonds. The second-order valence-corrected chi connectivity index (χ2v) is 5.75. The molecular formula is C14H20ClN3O3. The lowest BCUT2D eigenvalue weighted by molar-refractivity contribution is -0.391. The number of carbonyl (C=O) groups excluding carboxylic acids is 1. The second kappa shape index (κ2) is 6.93. The van der Waals surface area contributed by atoms with Crippen LogP contribution in [0.3, 0.4) is 0 Å². The van der Waals surface area contributed by atoms with E-state index in [0.717, 1.165) is 25.7 Å². The summed E-state index contributed by atoms with van der Waals surface area (Å²) in [6.07, 6.45) is 5.40. The number of aromatic nitrogens is 1. The lowest BCUT2D eigenvalue weighted by Crippen LogP contribution is -2.43. The lowest BCUT2D eigenvalue weighted by Gasteiger charge is -2.33. The van der Waals surface area contributed by atoms with Crippen LogP contribution in [0.25, 0.3) is 0 Å². The van der Waals surface area contributed by atoms with Crippen LogP contribution in [0, 0.1) is 10.1 Å². The molecule has 1 heterocycles. The number of amides is 1. The van der Waals surface area contributed by atoms with Crippen LogP contribution in [-0.4, -0.2) is 38.8 Å². The zero-order valence-electron chi connectivity index (χ0n) is 12.1. The summed E-state index contributed by atoms with van der Waals surface area (Å²) in [5.41, 5.74) is 0.345. The molecule has 116 valence electrons. The number of nitrogens with zero attached hydrogens (tertiary/aromatic N) is 3. The Morgan fingerprint density at radius 3 is 2.62 bits per heavy atom. The van der Waals surface area contributed by atoms with Gasteiger partial charge < -0.3 is 15.0 Å². The summed E-state index contributed by atoms with van der Waals surface area (Å²) in [6, 6.07) is 3.08. The summed E-state index contributed by atoms with van der Waals surface area (Å²) < 4.78 is 1.34. The van der Waals surface area contributed by atoms with Crippen molar-refractivity contribution in [3.63, 3.8) is 0 Å². The van der Waals surface area contributed by atoms with Gasteiger partial charge in [0.25, 0.3) is 5.91 Å². The third kappa shape index (κ3) is 3.37. The van der Waals surface area contributed by atoms with Crippen LogP contribution in [0.2, 0.25) is 0 Å². The van der Waals surface area contributed by atoms with Crippen LogP contribution in [0.4, 0.5) is 5.82 Å². The molecule has 0 aliphatic heterocycles. The first-order valence-electron chi connectivity index (χ1n) is 7.23. The number of hydrogen-bond acceptors (Lipinski definition) is 3. The zero-order chi connectivity index (χ0) is 15.4. The summed E-state index contributed by atoms with van der Waals surface area (Å²) in [5.74, 6) is 0.125. The molecule has 1 aliphatic carbocycles. The van der Waals surface area contributed by atoms with Crippen molar-refractivity contribution in [2.75, 3.05) is 12.4 Å². The van der Waals surface area contributed by atoms with Gasteiger partial charge in [0.2, 0.25) is 0 Å². The number of halogens is 1. The maximum atomic E-state index is 12.7. The highest BCUT2D eigenvalue weighted by atomic mass is 35.5. The molecule has 0 spiro atoms. The van der Waals surface area contributed by atoms with Crippen molar-refractivity contribution in [1.82, 2.24) is 9.47 Å². The molecule has 1 saturated carbocycles. The molecule has 6 nitrogen and oxygen atoms in total. The van der Waals surface area contributed by atoms with E-state index in [1.165, 1.54) is 23.1 Å². The minimum absolute atomic E-state index is 0.0761. The fraction of sp³-hybridized carbons (Fsp3) is 0.643. The van der Waals surface area contributed by atoms with Gasteiger partial charge in [0.1, 0.15) is 0 Å². The van der Waals surface area contributed by atoms with E-state index in [1.54, 1.807) is 11.9 Å². The molecule has 0 aromatic carbocycles. The van der Waals surface area contributed by atoms with Crippen LogP contribution >= 0.6 is 11.6 Å². The summed E-state index contributed by atoms with van der Waals surface area (Å²) in [5, 5.41) is 10.9. The summed E-state index contributed by atoms with van der Waals surface area (Å²) in [4.78, 5) is 24.9. The molecule has 0 N–H and O–H groups in total. The van der Waals surface area contributed by atoms with Crippen LogP contribution in [0.1, 0.15) is 42.6 Å². The van der Waals surface area contributed by atoms with Crippen molar-refractivity contribution in [3.05, 3.63) is 27.9 Å². The maximum Gasteiger partial charge on any atom is 0.323 e. The number of alkyl halides is 1. The van der Waals surface area contributed by atoms with Gasteiger partial charge in [-0.2, -0.15) is 0 Å². The van der Waals surface area contributed by atoms with E-state index < -0.39 is 4.92 Å². The van der Waals surface area contributed by atoms with Gasteiger partial charge in [-0.05, 0) is 23.8 Å². The summed E-state index contributed by atoms with van der Waals surface area (Å²) >= 11 is 5.83. The minimum atomic E-state index is -0.483. The third-order valence-electron chi connectivity index (χ3n) is 4.10. The van der Waals surface area contributed by atoms with E-state index in [9.17, 15) is 14.9 Å². The normalized spacial score (nSPS) is 15.9. The molecule has 1 aromatic rings. The highest BCUT2D eigenvalue weighted by Gasteiger charge is 2.30. The highest BCUT2D eigenvalue weighted by molar-refractivity contribution is 6.18.